The molecule has 130 valence electrons. The Bertz CT molecular complexity index is 521. The monoisotopic (exact) mass is 338 g/mol. The number of methoxy groups -OCH3 is 1. The standard InChI is InChI=1S/C17H30N4OS/c1-17(2,3)14-12-23-15(20-14)6-8-19-16(18-4)21-9-7-13(10-21)11-22-5/h12-13H,6-11H2,1-5H3,(H,18,19). The van der Waals surface area contributed by atoms with E-state index < -0.39 is 0 Å². The molecule has 0 aliphatic carbocycles. The van der Waals surface area contributed by atoms with Gasteiger partial charge in [-0.05, 0) is 6.42 Å². The molecule has 1 saturated heterocycles. The van der Waals surface area contributed by atoms with Gasteiger partial charge in [0.25, 0.3) is 0 Å². The molecular weight excluding hydrogens is 308 g/mol. The second-order valence-electron chi connectivity index (χ2n) is 7.16. The van der Waals surface area contributed by atoms with Gasteiger partial charge in [-0.1, -0.05) is 20.8 Å². The third-order valence-electron chi connectivity index (χ3n) is 4.14. The fourth-order valence-corrected chi connectivity index (χ4v) is 3.81. The number of guanidine groups is 1. The van der Waals surface area contributed by atoms with Crippen molar-refractivity contribution in [3.8, 4) is 0 Å². The van der Waals surface area contributed by atoms with Gasteiger partial charge in [-0.15, -0.1) is 11.3 Å². The van der Waals surface area contributed by atoms with Crippen molar-refractivity contribution in [2.24, 2.45) is 10.9 Å². The lowest BCUT2D eigenvalue weighted by molar-refractivity contribution is 0.157. The summed E-state index contributed by atoms with van der Waals surface area (Å²) < 4.78 is 5.26. The van der Waals surface area contributed by atoms with Gasteiger partial charge in [0.2, 0.25) is 0 Å². The van der Waals surface area contributed by atoms with Crippen LogP contribution in [0, 0.1) is 5.92 Å². The summed E-state index contributed by atoms with van der Waals surface area (Å²) in [5, 5.41) is 6.84. The lowest BCUT2D eigenvalue weighted by Gasteiger charge is -2.21. The lowest BCUT2D eigenvalue weighted by atomic mass is 9.93. The van der Waals surface area contributed by atoms with Crippen LogP contribution in [0.1, 0.15) is 37.9 Å². The molecule has 1 aromatic rings. The molecule has 1 aliphatic heterocycles. The van der Waals surface area contributed by atoms with Crippen LogP contribution in [0.4, 0.5) is 0 Å². The van der Waals surface area contributed by atoms with E-state index in [0.717, 1.165) is 38.6 Å². The van der Waals surface area contributed by atoms with E-state index in [1.165, 1.54) is 17.1 Å². The second-order valence-corrected chi connectivity index (χ2v) is 8.10. The molecule has 0 saturated carbocycles. The van der Waals surface area contributed by atoms with E-state index in [-0.39, 0.29) is 5.41 Å². The molecule has 23 heavy (non-hydrogen) atoms. The zero-order chi connectivity index (χ0) is 16.9. The number of thiazole rings is 1. The number of ether oxygens (including phenoxy) is 1. The van der Waals surface area contributed by atoms with Gasteiger partial charge in [0.1, 0.15) is 0 Å². The molecule has 0 amide bonds. The van der Waals surface area contributed by atoms with Crippen molar-refractivity contribution in [3.63, 3.8) is 0 Å². The highest BCUT2D eigenvalue weighted by Crippen LogP contribution is 2.24. The fourth-order valence-electron chi connectivity index (χ4n) is 2.78. The number of likely N-dealkylation sites (tertiary alicyclic amines) is 1. The minimum atomic E-state index is 0.129. The average Bonchev–Trinajstić information content (AvgIpc) is 3.13. The zero-order valence-electron chi connectivity index (χ0n) is 15.1. The molecular formula is C17H30N4OS. The van der Waals surface area contributed by atoms with Crippen LogP contribution in [0.5, 0.6) is 0 Å². The first-order valence-corrected chi connectivity index (χ1v) is 9.21. The van der Waals surface area contributed by atoms with E-state index >= 15 is 0 Å². The summed E-state index contributed by atoms with van der Waals surface area (Å²) >= 11 is 1.75. The minimum Gasteiger partial charge on any atom is -0.384 e. The van der Waals surface area contributed by atoms with Crippen LogP contribution in [0.2, 0.25) is 0 Å². The predicted molar refractivity (Wildman–Crippen MR) is 97.4 cm³/mol. The van der Waals surface area contributed by atoms with Gasteiger partial charge in [-0.2, -0.15) is 0 Å². The Morgan fingerprint density at radius 3 is 2.91 bits per heavy atom. The molecule has 1 aliphatic rings. The largest absolute Gasteiger partial charge is 0.384 e. The van der Waals surface area contributed by atoms with Gasteiger partial charge < -0.3 is 15.0 Å². The molecule has 0 radical (unpaired) electrons. The van der Waals surface area contributed by atoms with Crippen LogP contribution >= 0.6 is 11.3 Å². The molecule has 2 heterocycles. The molecule has 1 N–H and O–H groups in total. The Kier molecular flexibility index (Phi) is 6.41. The smallest absolute Gasteiger partial charge is 0.193 e. The topological polar surface area (TPSA) is 49.8 Å². The first kappa shape index (κ1) is 18.2. The number of hydrogen-bond donors (Lipinski definition) is 1. The van der Waals surface area contributed by atoms with E-state index in [4.69, 9.17) is 9.72 Å². The van der Waals surface area contributed by atoms with E-state index in [1.54, 1.807) is 18.4 Å². The SMILES string of the molecule is CN=C(NCCc1nc(C(C)(C)C)cs1)N1CCC(COC)C1. The van der Waals surface area contributed by atoms with Crippen LogP contribution in [0.3, 0.4) is 0 Å². The molecule has 2 rings (SSSR count). The summed E-state index contributed by atoms with van der Waals surface area (Å²) in [6, 6.07) is 0. The number of rotatable bonds is 5. The summed E-state index contributed by atoms with van der Waals surface area (Å²) in [7, 11) is 3.63. The van der Waals surface area contributed by atoms with Crippen LogP contribution in [0.15, 0.2) is 10.4 Å². The number of aliphatic imine (C=N–C) groups is 1. The lowest BCUT2D eigenvalue weighted by Crippen LogP contribution is -2.41. The first-order valence-electron chi connectivity index (χ1n) is 8.33. The van der Waals surface area contributed by atoms with Crippen molar-refractivity contribution in [2.45, 2.75) is 39.0 Å². The Labute approximate surface area is 144 Å². The van der Waals surface area contributed by atoms with E-state index in [0.29, 0.717) is 5.92 Å². The van der Waals surface area contributed by atoms with Crippen molar-refractivity contribution >= 4 is 17.3 Å². The Morgan fingerprint density at radius 2 is 2.30 bits per heavy atom. The maximum Gasteiger partial charge on any atom is 0.193 e. The van der Waals surface area contributed by atoms with Gasteiger partial charge in [-0.25, -0.2) is 4.98 Å². The highest BCUT2D eigenvalue weighted by molar-refractivity contribution is 7.09. The molecule has 6 heteroatoms. The van der Waals surface area contributed by atoms with Crippen molar-refractivity contribution in [3.05, 3.63) is 16.1 Å². The molecule has 0 spiro atoms. The summed E-state index contributed by atoms with van der Waals surface area (Å²) in [6.45, 7) is 10.4. The number of aromatic nitrogens is 1. The fraction of sp³-hybridized carbons (Fsp3) is 0.765. The number of nitrogens with one attached hydrogen (secondary N) is 1. The van der Waals surface area contributed by atoms with E-state index in [1.807, 2.05) is 7.05 Å². The molecule has 1 atom stereocenters. The van der Waals surface area contributed by atoms with Crippen molar-refractivity contribution in [1.82, 2.24) is 15.2 Å². The number of nitrogens with zero attached hydrogens (tertiary/aromatic N) is 3. The predicted octanol–water partition coefficient (Wildman–Crippen LogP) is 2.53. The van der Waals surface area contributed by atoms with Gasteiger partial charge in [0, 0.05) is 56.9 Å². The average molecular weight is 339 g/mol. The maximum atomic E-state index is 5.26. The summed E-state index contributed by atoms with van der Waals surface area (Å²) in [4.78, 5) is 11.5. The minimum absolute atomic E-state index is 0.129. The Balaban J connectivity index is 1.79. The second kappa shape index (κ2) is 8.11. The Hall–Kier alpha value is -1.14. The van der Waals surface area contributed by atoms with Crippen LogP contribution in [0.25, 0.3) is 0 Å². The molecule has 1 aromatic heterocycles. The van der Waals surface area contributed by atoms with E-state index in [9.17, 15) is 0 Å². The summed E-state index contributed by atoms with van der Waals surface area (Å²) in [5.74, 6) is 1.61. The van der Waals surface area contributed by atoms with Crippen molar-refractivity contribution in [2.75, 3.05) is 40.4 Å². The normalized spacial score (nSPS) is 19.4. The third kappa shape index (κ3) is 5.18. The summed E-state index contributed by atoms with van der Waals surface area (Å²) in [5.41, 5.74) is 1.31. The van der Waals surface area contributed by atoms with Crippen molar-refractivity contribution < 1.29 is 4.74 Å². The molecule has 1 unspecified atom stereocenters. The van der Waals surface area contributed by atoms with Crippen molar-refractivity contribution in [1.29, 1.82) is 0 Å². The van der Waals surface area contributed by atoms with Gasteiger partial charge >= 0.3 is 0 Å². The third-order valence-corrected chi connectivity index (χ3v) is 5.05. The zero-order valence-corrected chi connectivity index (χ0v) is 15.9. The van der Waals surface area contributed by atoms with Gasteiger partial charge in [-0.3, -0.25) is 4.99 Å². The van der Waals surface area contributed by atoms with Crippen LogP contribution < -0.4 is 5.32 Å². The highest BCUT2D eigenvalue weighted by Gasteiger charge is 2.24. The number of hydrogen-bond acceptors (Lipinski definition) is 4. The van der Waals surface area contributed by atoms with E-state index in [2.05, 4.69) is 41.4 Å². The molecule has 0 aromatic carbocycles. The Morgan fingerprint density at radius 1 is 1.52 bits per heavy atom. The molecule has 1 fully saturated rings. The summed E-state index contributed by atoms with van der Waals surface area (Å²) in [6.07, 6.45) is 2.12. The highest BCUT2D eigenvalue weighted by atomic mass is 32.1. The molecule has 5 nitrogen and oxygen atoms in total. The first-order chi connectivity index (χ1) is 10.9. The molecule has 0 bridgehead atoms. The van der Waals surface area contributed by atoms with Crippen LogP contribution in [-0.4, -0.2) is 56.2 Å². The quantitative estimate of drug-likeness (QED) is 0.662. The van der Waals surface area contributed by atoms with Gasteiger partial charge in [0.05, 0.1) is 17.3 Å². The van der Waals surface area contributed by atoms with Crippen LogP contribution in [-0.2, 0) is 16.6 Å². The van der Waals surface area contributed by atoms with Gasteiger partial charge in [0.15, 0.2) is 5.96 Å². The maximum absolute atomic E-state index is 5.26.